The summed E-state index contributed by atoms with van der Waals surface area (Å²) in [5.74, 6) is -0.896. The predicted molar refractivity (Wildman–Crippen MR) is 92.5 cm³/mol. The largest absolute Gasteiger partial charge is 0.437 e. The molecule has 5 heteroatoms. The Bertz CT molecular complexity index is 1070. The molecule has 0 aliphatic carbocycles. The molecule has 0 fully saturated rings. The van der Waals surface area contributed by atoms with Crippen LogP contribution in [0.5, 0.6) is 0 Å². The fraction of sp³-hybridized carbons (Fsp3) is 0. The Hall–Kier alpha value is -3.34. The van der Waals surface area contributed by atoms with Gasteiger partial charge in [-0.15, -0.1) is 0 Å². The molecular weight excluding hydrogens is 322 g/mol. The van der Waals surface area contributed by atoms with Gasteiger partial charge in [0, 0.05) is 35.7 Å². The summed E-state index contributed by atoms with van der Waals surface area (Å²) < 4.78 is 32.2. The molecule has 4 aromatic rings. The lowest BCUT2D eigenvalue weighted by Gasteiger charge is -1.99. The van der Waals surface area contributed by atoms with Crippen molar-refractivity contribution in [3.05, 3.63) is 84.0 Å². The van der Waals surface area contributed by atoms with Crippen molar-refractivity contribution < 1.29 is 13.2 Å². The van der Waals surface area contributed by atoms with Crippen molar-refractivity contribution in [1.82, 2.24) is 9.97 Å². The Labute approximate surface area is 142 Å². The lowest BCUT2D eigenvalue weighted by Crippen LogP contribution is -1.83. The van der Waals surface area contributed by atoms with Gasteiger partial charge in [0.15, 0.2) is 5.58 Å². The van der Waals surface area contributed by atoms with Crippen LogP contribution in [0.25, 0.3) is 34.4 Å². The Morgan fingerprint density at radius 2 is 1.84 bits per heavy atom. The predicted octanol–water partition coefficient (Wildman–Crippen LogP) is 5.34. The number of oxazole rings is 1. The Morgan fingerprint density at radius 1 is 0.920 bits per heavy atom. The third kappa shape index (κ3) is 3.17. The van der Waals surface area contributed by atoms with Crippen molar-refractivity contribution in [2.45, 2.75) is 0 Å². The number of nitrogens with zero attached hydrogens (tertiary/aromatic N) is 2. The van der Waals surface area contributed by atoms with Crippen LogP contribution in [0.1, 0.15) is 11.5 Å². The normalized spacial score (nSPS) is 11.4. The molecule has 0 radical (unpaired) electrons. The first-order valence-corrected chi connectivity index (χ1v) is 7.63. The van der Waals surface area contributed by atoms with Crippen LogP contribution in [0.4, 0.5) is 8.78 Å². The van der Waals surface area contributed by atoms with Gasteiger partial charge in [-0.2, -0.15) is 0 Å². The van der Waals surface area contributed by atoms with Gasteiger partial charge in [0.25, 0.3) is 0 Å². The van der Waals surface area contributed by atoms with Gasteiger partial charge in [-0.1, -0.05) is 12.1 Å². The van der Waals surface area contributed by atoms with Gasteiger partial charge in [0.1, 0.15) is 17.2 Å². The molecule has 0 aliphatic heterocycles. The van der Waals surface area contributed by atoms with Gasteiger partial charge in [-0.25, -0.2) is 13.8 Å². The van der Waals surface area contributed by atoms with E-state index in [1.54, 1.807) is 18.5 Å². The molecule has 0 N–H and O–H groups in total. The number of benzene rings is 2. The highest BCUT2D eigenvalue weighted by molar-refractivity contribution is 5.81. The third-order valence-electron chi connectivity index (χ3n) is 3.77. The quantitative estimate of drug-likeness (QED) is 0.508. The van der Waals surface area contributed by atoms with Crippen molar-refractivity contribution in [3.8, 4) is 11.1 Å². The standard InChI is InChI=1S/C20H12F2N2O/c21-16-6-3-13(17(22)11-16)5-8-20-24-18-10-14(4-7-19(18)25-20)15-2-1-9-23-12-15/h1-12H/b8-5+. The summed E-state index contributed by atoms with van der Waals surface area (Å²) in [6, 6.07) is 12.9. The van der Waals surface area contributed by atoms with E-state index in [1.807, 2.05) is 30.3 Å². The average Bonchev–Trinajstić information content (AvgIpc) is 3.04. The number of rotatable bonds is 3. The molecule has 25 heavy (non-hydrogen) atoms. The summed E-state index contributed by atoms with van der Waals surface area (Å²) in [5, 5.41) is 0. The minimum absolute atomic E-state index is 0.264. The molecule has 0 bridgehead atoms. The molecule has 0 amide bonds. The highest BCUT2D eigenvalue weighted by Gasteiger charge is 2.06. The summed E-state index contributed by atoms with van der Waals surface area (Å²) in [7, 11) is 0. The van der Waals surface area contributed by atoms with Crippen LogP contribution in [-0.2, 0) is 0 Å². The monoisotopic (exact) mass is 334 g/mol. The van der Waals surface area contributed by atoms with E-state index in [2.05, 4.69) is 9.97 Å². The number of fused-ring (bicyclic) bond motifs is 1. The molecule has 0 saturated heterocycles. The maximum atomic E-state index is 13.7. The Balaban J connectivity index is 1.66. The van der Waals surface area contributed by atoms with E-state index in [0.717, 1.165) is 17.2 Å². The molecule has 2 heterocycles. The van der Waals surface area contributed by atoms with E-state index in [0.29, 0.717) is 17.0 Å². The van der Waals surface area contributed by atoms with Crippen molar-refractivity contribution >= 4 is 23.3 Å². The fourth-order valence-corrected chi connectivity index (χ4v) is 2.53. The zero-order chi connectivity index (χ0) is 17.2. The van der Waals surface area contributed by atoms with E-state index < -0.39 is 11.6 Å². The van der Waals surface area contributed by atoms with E-state index >= 15 is 0 Å². The van der Waals surface area contributed by atoms with Gasteiger partial charge in [0.2, 0.25) is 5.89 Å². The summed E-state index contributed by atoms with van der Waals surface area (Å²) in [6.07, 6.45) is 6.55. The van der Waals surface area contributed by atoms with Crippen LogP contribution >= 0.6 is 0 Å². The smallest absolute Gasteiger partial charge is 0.220 e. The zero-order valence-electron chi connectivity index (χ0n) is 13.0. The van der Waals surface area contributed by atoms with E-state index in [4.69, 9.17) is 4.42 Å². The second-order valence-corrected chi connectivity index (χ2v) is 5.48. The highest BCUT2D eigenvalue weighted by Crippen LogP contribution is 2.25. The number of pyridine rings is 1. The molecule has 122 valence electrons. The van der Waals surface area contributed by atoms with E-state index in [-0.39, 0.29) is 5.56 Å². The van der Waals surface area contributed by atoms with Gasteiger partial charge < -0.3 is 4.42 Å². The molecule has 2 aromatic heterocycles. The molecule has 4 rings (SSSR count). The fourth-order valence-electron chi connectivity index (χ4n) is 2.53. The summed E-state index contributed by atoms with van der Waals surface area (Å²) in [4.78, 5) is 8.50. The minimum atomic E-state index is -0.633. The maximum absolute atomic E-state index is 13.7. The summed E-state index contributed by atoms with van der Waals surface area (Å²) in [5.41, 5.74) is 3.55. The van der Waals surface area contributed by atoms with Crippen molar-refractivity contribution in [2.75, 3.05) is 0 Å². The molecule has 0 unspecified atom stereocenters. The number of aromatic nitrogens is 2. The number of halogens is 2. The average molecular weight is 334 g/mol. The van der Waals surface area contributed by atoms with Crippen molar-refractivity contribution in [3.63, 3.8) is 0 Å². The van der Waals surface area contributed by atoms with Crippen molar-refractivity contribution in [1.29, 1.82) is 0 Å². The molecule has 3 nitrogen and oxygen atoms in total. The first-order chi connectivity index (χ1) is 12.2. The van der Waals surface area contributed by atoms with Crippen LogP contribution in [0, 0.1) is 11.6 Å². The molecule has 0 aliphatic rings. The van der Waals surface area contributed by atoms with Crippen LogP contribution < -0.4 is 0 Å². The maximum Gasteiger partial charge on any atom is 0.220 e. The second-order valence-electron chi connectivity index (χ2n) is 5.48. The first-order valence-electron chi connectivity index (χ1n) is 7.63. The summed E-state index contributed by atoms with van der Waals surface area (Å²) >= 11 is 0. The Kier molecular flexibility index (Phi) is 3.82. The van der Waals surface area contributed by atoms with Crippen LogP contribution in [0.3, 0.4) is 0 Å². The molecule has 2 aromatic carbocycles. The van der Waals surface area contributed by atoms with E-state index in [1.165, 1.54) is 18.2 Å². The lowest BCUT2D eigenvalue weighted by molar-refractivity contribution is 0.581. The first kappa shape index (κ1) is 15.2. The molecular formula is C20H12F2N2O. The second kappa shape index (κ2) is 6.28. The third-order valence-corrected chi connectivity index (χ3v) is 3.77. The molecule has 0 atom stereocenters. The SMILES string of the molecule is Fc1ccc(/C=C/c2nc3cc(-c4cccnc4)ccc3o2)c(F)c1. The van der Waals surface area contributed by atoms with Gasteiger partial charge in [-0.05, 0) is 42.0 Å². The highest BCUT2D eigenvalue weighted by atomic mass is 19.1. The van der Waals surface area contributed by atoms with Crippen LogP contribution in [-0.4, -0.2) is 9.97 Å². The Morgan fingerprint density at radius 3 is 2.64 bits per heavy atom. The van der Waals surface area contributed by atoms with Crippen molar-refractivity contribution in [2.24, 2.45) is 0 Å². The number of hydrogen-bond acceptors (Lipinski definition) is 3. The zero-order valence-corrected chi connectivity index (χ0v) is 13.0. The van der Waals surface area contributed by atoms with Gasteiger partial charge >= 0.3 is 0 Å². The molecule has 0 saturated carbocycles. The number of hydrogen-bond donors (Lipinski definition) is 0. The molecule has 0 spiro atoms. The van der Waals surface area contributed by atoms with E-state index in [9.17, 15) is 8.78 Å². The van der Waals surface area contributed by atoms with Crippen LogP contribution in [0.15, 0.2) is 65.3 Å². The van der Waals surface area contributed by atoms with Crippen LogP contribution in [0.2, 0.25) is 0 Å². The topological polar surface area (TPSA) is 38.9 Å². The van der Waals surface area contributed by atoms with Gasteiger partial charge in [-0.3, -0.25) is 4.98 Å². The minimum Gasteiger partial charge on any atom is -0.437 e. The summed E-state index contributed by atoms with van der Waals surface area (Å²) in [6.45, 7) is 0. The lowest BCUT2D eigenvalue weighted by atomic mass is 10.1. The van der Waals surface area contributed by atoms with Gasteiger partial charge in [0.05, 0.1) is 0 Å².